The fourth-order valence-corrected chi connectivity index (χ4v) is 26.7. The Bertz CT molecular complexity index is 5220. The normalized spacial score (nSPS) is 24.1. The molecular weight excluding hydrogens is 1360 g/mol. The zero-order valence-corrected chi connectivity index (χ0v) is 70.8. The quantitative estimate of drug-likeness (QED) is 0.107. The van der Waals surface area contributed by atoms with Crippen LogP contribution in [0.2, 0.25) is 78.6 Å². The molecule has 0 radical (unpaired) electrons. The molecule has 0 bridgehead atoms. The van der Waals surface area contributed by atoms with E-state index in [9.17, 15) is 0 Å². The predicted octanol–water partition coefficient (Wildman–Crippen LogP) is 22.6. The lowest BCUT2D eigenvalue weighted by Gasteiger charge is -2.56. The first-order valence-electron chi connectivity index (χ1n) is 41.9. The Kier molecular flexibility index (Phi) is 18.0. The number of hydrogen-bond donors (Lipinski definition) is 0. The third kappa shape index (κ3) is 12.3. The predicted molar refractivity (Wildman–Crippen MR) is 479 cm³/mol. The summed E-state index contributed by atoms with van der Waals surface area (Å²) in [6, 6.07) is 64.0. The third-order valence-electron chi connectivity index (χ3n) is 27.8. The number of benzene rings is 8. The fourth-order valence-electron chi connectivity index (χ4n) is 22.0. The van der Waals surface area contributed by atoms with Crippen molar-refractivity contribution in [3.63, 3.8) is 0 Å². The van der Waals surface area contributed by atoms with Gasteiger partial charge in [-0.1, -0.05) is 304 Å². The molecule has 18 rings (SSSR count). The molecule has 0 saturated heterocycles. The lowest BCUT2D eigenvalue weighted by Crippen LogP contribution is -2.66. The van der Waals surface area contributed by atoms with Crippen molar-refractivity contribution >= 4 is 143 Å². The van der Waals surface area contributed by atoms with Gasteiger partial charge >= 0.3 is 0 Å². The van der Waals surface area contributed by atoms with Crippen molar-refractivity contribution in [3.8, 4) is 22.5 Å². The maximum absolute atomic E-state index is 3.20. The number of hydrogen-bond acceptors (Lipinski definition) is 2. The molecule has 3 saturated carbocycles. The highest BCUT2D eigenvalue weighted by molar-refractivity contribution is 7.00. The average molecular weight is 1470 g/mol. The Hall–Kier alpha value is -7.67. The van der Waals surface area contributed by atoms with E-state index in [0.717, 1.165) is 25.7 Å². The van der Waals surface area contributed by atoms with Crippen molar-refractivity contribution in [2.45, 2.75) is 201 Å². The van der Waals surface area contributed by atoms with E-state index < -0.39 is 32.3 Å². The van der Waals surface area contributed by atoms with E-state index in [2.05, 4.69) is 318 Å². The second-order valence-electron chi connectivity index (χ2n) is 38.5. The zero-order chi connectivity index (χ0) is 73.7. The van der Waals surface area contributed by atoms with Crippen molar-refractivity contribution in [1.82, 2.24) is 9.13 Å². The summed E-state index contributed by atoms with van der Waals surface area (Å²) in [6.07, 6.45) is 41.3. The van der Waals surface area contributed by atoms with Crippen LogP contribution in [0, 0.1) is 41.4 Å². The van der Waals surface area contributed by atoms with E-state index in [4.69, 9.17) is 0 Å². The van der Waals surface area contributed by atoms with Crippen LogP contribution in [0.15, 0.2) is 223 Å². The largest absolute Gasteiger partial charge is 0.339 e. The molecule has 4 nitrogen and oxygen atoms in total. The molecule has 3 fully saturated rings. The zero-order valence-electron chi connectivity index (χ0n) is 66.8. The molecule has 107 heavy (non-hydrogen) atoms. The lowest BCUT2D eigenvalue weighted by atomic mass is 9.33. The van der Waals surface area contributed by atoms with Gasteiger partial charge < -0.3 is 18.9 Å². The van der Waals surface area contributed by atoms with Gasteiger partial charge in [-0.2, -0.15) is 0 Å². The molecule has 0 amide bonds. The van der Waals surface area contributed by atoms with Gasteiger partial charge in [0.25, 0.3) is 6.71 Å². The number of aromatic nitrogens is 2. The molecule has 8 unspecified atom stereocenters. The Labute approximate surface area is 644 Å². The lowest BCUT2D eigenvalue weighted by molar-refractivity contribution is 0.0449. The summed E-state index contributed by atoms with van der Waals surface area (Å²) in [7, 11) is -6.78. The van der Waals surface area contributed by atoms with E-state index in [-0.39, 0.29) is 18.7 Å². The molecule has 8 aromatic carbocycles. The first-order chi connectivity index (χ1) is 51.5. The highest BCUT2D eigenvalue weighted by Crippen LogP contribution is 2.56. The van der Waals surface area contributed by atoms with Crippen molar-refractivity contribution in [3.05, 3.63) is 223 Å². The van der Waals surface area contributed by atoms with Gasteiger partial charge in [-0.25, -0.2) is 0 Å². The molecule has 0 spiro atoms. The number of rotatable bonds is 13. The Morgan fingerprint density at radius 2 is 0.879 bits per heavy atom. The minimum absolute atomic E-state index is 0.0506. The van der Waals surface area contributed by atoms with Gasteiger partial charge in [0.15, 0.2) is 0 Å². The van der Waals surface area contributed by atoms with Crippen LogP contribution in [0.25, 0.3) is 66.1 Å². The van der Waals surface area contributed by atoms with Gasteiger partial charge in [-0.05, 0) is 192 Å². The van der Waals surface area contributed by atoms with Gasteiger partial charge in [0.1, 0.15) is 0 Å². The number of anilines is 4. The van der Waals surface area contributed by atoms with E-state index in [0.29, 0.717) is 41.5 Å². The minimum Gasteiger partial charge on any atom is -0.339 e. The Balaban J connectivity index is 0.974. The molecule has 0 N–H and O–H groups in total. The smallest absolute Gasteiger partial charge is 0.252 e. The summed E-state index contributed by atoms with van der Waals surface area (Å²) in [5.41, 5.74) is 24.7. The molecule has 6 aliphatic carbocycles. The topological polar surface area (TPSA) is 16.3 Å². The average Bonchev–Trinajstić information content (AvgIpc) is 0.920. The van der Waals surface area contributed by atoms with Crippen LogP contribution < -0.4 is 46.9 Å². The molecule has 8 aliphatic rings. The van der Waals surface area contributed by atoms with Crippen LogP contribution in [0.4, 0.5) is 22.7 Å². The Morgan fingerprint density at radius 1 is 0.402 bits per heavy atom. The maximum Gasteiger partial charge on any atom is 0.252 e. The van der Waals surface area contributed by atoms with Crippen molar-refractivity contribution in [2.75, 3.05) is 9.80 Å². The first-order valence-corrected chi connectivity index (χ1v) is 55.9. The van der Waals surface area contributed by atoms with Crippen LogP contribution in [0.1, 0.15) is 110 Å². The van der Waals surface area contributed by atoms with Gasteiger partial charge in [0, 0.05) is 67.6 Å². The second kappa shape index (κ2) is 27.1. The van der Waals surface area contributed by atoms with Crippen LogP contribution in [-0.4, -0.2) is 60.2 Å². The molecular formula is C98H115BN4Si4. The molecule has 9 heteroatoms. The maximum atomic E-state index is 3.20. The van der Waals surface area contributed by atoms with Crippen LogP contribution in [0.3, 0.4) is 0 Å². The van der Waals surface area contributed by atoms with E-state index in [1.54, 1.807) is 0 Å². The molecule has 8 atom stereocenters. The highest BCUT2D eigenvalue weighted by atomic mass is 28.3. The third-order valence-corrected chi connectivity index (χ3v) is 35.9. The van der Waals surface area contributed by atoms with Crippen molar-refractivity contribution in [2.24, 2.45) is 41.4 Å². The first kappa shape index (κ1) is 71.0. The highest BCUT2D eigenvalue weighted by Gasteiger charge is 2.53. The van der Waals surface area contributed by atoms with Crippen LogP contribution >= 0.6 is 0 Å². The minimum atomic E-state index is -1.70. The van der Waals surface area contributed by atoms with Crippen molar-refractivity contribution < 1.29 is 0 Å². The van der Waals surface area contributed by atoms with Gasteiger partial charge in [0.05, 0.1) is 60.4 Å². The molecule has 4 heterocycles. The summed E-state index contributed by atoms with van der Waals surface area (Å²) in [4.78, 5) is 6.21. The fraction of sp³-hybridized carbons (Fsp3) is 0.388. The summed E-state index contributed by atoms with van der Waals surface area (Å²) in [6.45, 7) is 35.6. The standard InChI is InChI=1S/C98H115BN4Si4/c1-64-30-24-26-38-76(64)80-42-29-43-81(77-39-27-25-31-65(77)2)98(80)103-93-59-71(101-90-54-48-74(106(9,10)11)62-84(90)85-63-75(107(12,13)14)49-55-91(85)101)45-51-87(93)99-86-50-44-70(100-88-52-46-72(104(3,4)5)60-82(88)83-61-73(105(6,7)8)47-53-89(83)100)58-92(86)102(94-56-69(57-95(103)96(94)99)66-32-18-15-19-33-66)97-78(67-34-20-16-21-35-67)40-28-41-79(97)68-36-22-17-23-37-68/h15-16,18-20,22,28,32-34,36-37,40-41,44-65,76-77,79-81,97-98H,17,21,23-27,29-31,35,38-39,42-43H2,1-14H3. The summed E-state index contributed by atoms with van der Waals surface area (Å²) < 4.78 is 5.40. The van der Waals surface area contributed by atoms with E-state index in [1.807, 2.05) is 0 Å². The number of fused-ring (bicyclic) bond motifs is 10. The summed E-state index contributed by atoms with van der Waals surface area (Å²) in [5, 5.41) is 11.6. The van der Waals surface area contributed by atoms with Gasteiger partial charge in [-0.15, -0.1) is 0 Å². The second-order valence-corrected chi connectivity index (χ2v) is 58.8. The van der Waals surface area contributed by atoms with E-state index in [1.165, 1.54) is 213 Å². The summed E-state index contributed by atoms with van der Waals surface area (Å²) >= 11 is 0. The van der Waals surface area contributed by atoms with Crippen molar-refractivity contribution in [1.29, 1.82) is 0 Å². The number of nitrogens with zero attached hydrogens (tertiary/aromatic N) is 4. The van der Waals surface area contributed by atoms with Crippen LogP contribution in [0.5, 0.6) is 0 Å². The molecule has 2 aromatic heterocycles. The molecule has 2 aliphatic heterocycles. The van der Waals surface area contributed by atoms with Gasteiger partial charge in [-0.3, -0.25) is 0 Å². The number of allylic oxidation sites excluding steroid dienone is 8. The van der Waals surface area contributed by atoms with E-state index >= 15 is 0 Å². The molecule has 10 aromatic rings. The monoisotopic (exact) mass is 1470 g/mol. The molecule has 546 valence electrons. The summed E-state index contributed by atoms with van der Waals surface area (Å²) in [5.74, 6) is 3.92. The SMILES string of the molecule is CC1CCCCC1C1CCCC(C2CCCCC2C)C1N1c2cc(-n3c4ccc([Si](C)(C)C)cc4c4cc([Si](C)(C)C)ccc43)ccc2B2c3ccc(-n4c5ccc([Si](C)(C)C)cc5c5cc([Si](C)(C)C)ccc54)cc3N(C3C(C4=CC=CCC4)=CC=CC3C3=CCCC=C3)c3cc(-c4ccccc4)cc1c32. The Morgan fingerprint density at radius 3 is 1.34 bits per heavy atom. The van der Waals surface area contributed by atoms with Gasteiger partial charge in [0.2, 0.25) is 0 Å². The van der Waals surface area contributed by atoms with Crippen LogP contribution in [-0.2, 0) is 0 Å².